The van der Waals surface area contributed by atoms with Gasteiger partial charge >= 0.3 is 0 Å². The molecular formula is C15H23FN2O. The van der Waals surface area contributed by atoms with Crippen LogP contribution in [0.5, 0.6) is 0 Å². The molecule has 1 unspecified atom stereocenters. The Morgan fingerprint density at radius 2 is 2.05 bits per heavy atom. The summed E-state index contributed by atoms with van der Waals surface area (Å²) in [7, 11) is 1.86. The van der Waals surface area contributed by atoms with Crippen molar-refractivity contribution in [1.29, 1.82) is 0 Å². The van der Waals surface area contributed by atoms with Gasteiger partial charge in [-0.15, -0.1) is 0 Å². The Hall–Kier alpha value is -1.13. The van der Waals surface area contributed by atoms with E-state index in [1.165, 1.54) is 0 Å². The van der Waals surface area contributed by atoms with E-state index >= 15 is 0 Å². The third-order valence-electron chi connectivity index (χ3n) is 3.91. The van der Waals surface area contributed by atoms with Crippen LogP contribution in [0.3, 0.4) is 0 Å². The van der Waals surface area contributed by atoms with Crippen molar-refractivity contribution in [2.75, 3.05) is 25.0 Å². The highest BCUT2D eigenvalue weighted by Gasteiger charge is 2.23. The fourth-order valence-corrected chi connectivity index (χ4v) is 2.76. The van der Waals surface area contributed by atoms with Crippen LogP contribution in [0.15, 0.2) is 18.2 Å². The lowest BCUT2D eigenvalue weighted by atomic mass is 9.92. The lowest BCUT2D eigenvalue weighted by Gasteiger charge is -2.35. The Kier molecular flexibility index (Phi) is 4.77. The van der Waals surface area contributed by atoms with Crippen LogP contribution in [0.2, 0.25) is 0 Å². The molecule has 0 aliphatic carbocycles. The fourth-order valence-electron chi connectivity index (χ4n) is 2.76. The van der Waals surface area contributed by atoms with Crippen LogP contribution < -0.4 is 10.2 Å². The van der Waals surface area contributed by atoms with E-state index in [1.54, 1.807) is 12.1 Å². The zero-order valence-corrected chi connectivity index (χ0v) is 11.7. The number of aliphatic hydroxyl groups is 1. The third kappa shape index (κ3) is 3.67. The number of hydrogen-bond acceptors (Lipinski definition) is 3. The molecule has 106 valence electrons. The van der Waals surface area contributed by atoms with Gasteiger partial charge in [-0.2, -0.15) is 0 Å². The summed E-state index contributed by atoms with van der Waals surface area (Å²) in [5.41, 5.74) is 1.92. The summed E-state index contributed by atoms with van der Waals surface area (Å²) in [6.07, 6.45) is 1.69. The molecule has 0 aromatic heterocycles. The van der Waals surface area contributed by atoms with E-state index in [4.69, 9.17) is 0 Å². The van der Waals surface area contributed by atoms with Crippen LogP contribution in [-0.4, -0.2) is 31.3 Å². The average molecular weight is 266 g/mol. The zero-order valence-electron chi connectivity index (χ0n) is 11.7. The molecule has 3 nitrogen and oxygen atoms in total. The number of rotatable bonds is 4. The standard InChI is InChI=1S/C15H23FN2O/c1-11(19)13-3-5-18(6-4-13)15-8-12(10-17-2)7-14(16)9-15/h7-9,11,13,17,19H,3-6,10H2,1-2H3. The first-order chi connectivity index (χ1) is 9.10. The highest BCUT2D eigenvalue weighted by Crippen LogP contribution is 2.26. The predicted molar refractivity (Wildman–Crippen MR) is 75.8 cm³/mol. The predicted octanol–water partition coefficient (Wildman–Crippen LogP) is 2.14. The first kappa shape index (κ1) is 14.3. The Balaban J connectivity index is 2.06. The third-order valence-corrected chi connectivity index (χ3v) is 3.91. The lowest BCUT2D eigenvalue weighted by molar-refractivity contribution is 0.110. The molecule has 4 heteroatoms. The summed E-state index contributed by atoms with van der Waals surface area (Å²) in [6, 6.07) is 5.21. The minimum Gasteiger partial charge on any atom is -0.393 e. The molecule has 1 fully saturated rings. The van der Waals surface area contributed by atoms with Gasteiger partial charge in [0, 0.05) is 25.3 Å². The van der Waals surface area contributed by atoms with Crippen LogP contribution in [-0.2, 0) is 6.54 Å². The minimum atomic E-state index is -0.241. The number of benzene rings is 1. The largest absolute Gasteiger partial charge is 0.393 e. The highest BCUT2D eigenvalue weighted by atomic mass is 19.1. The minimum absolute atomic E-state index is 0.180. The number of piperidine rings is 1. The van der Waals surface area contributed by atoms with Crippen LogP contribution in [0.25, 0.3) is 0 Å². The molecule has 1 atom stereocenters. The lowest BCUT2D eigenvalue weighted by Crippen LogP contribution is -2.37. The van der Waals surface area contributed by atoms with Crippen molar-refractivity contribution in [2.45, 2.75) is 32.4 Å². The summed E-state index contributed by atoms with van der Waals surface area (Å²) in [5.74, 6) is 0.196. The van der Waals surface area contributed by atoms with Crippen LogP contribution in [0.4, 0.5) is 10.1 Å². The second kappa shape index (κ2) is 6.35. The second-order valence-corrected chi connectivity index (χ2v) is 5.41. The topological polar surface area (TPSA) is 35.5 Å². The van der Waals surface area contributed by atoms with Gasteiger partial charge in [0.15, 0.2) is 0 Å². The van der Waals surface area contributed by atoms with E-state index in [9.17, 15) is 9.50 Å². The first-order valence-electron chi connectivity index (χ1n) is 6.97. The molecular weight excluding hydrogens is 243 g/mol. The summed E-state index contributed by atoms with van der Waals surface area (Å²) in [4.78, 5) is 2.21. The Morgan fingerprint density at radius 3 is 2.63 bits per heavy atom. The van der Waals surface area contributed by atoms with Gasteiger partial charge in [-0.3, -0.25) is 0 Å². The normalized spacial score (nSPS) is 18.6. The van der Waals surface area contributed by atoms with E-state index in [-0.39, 0.29) is 11.9 Å². The summed E-state index contributed by atoms with van der Waals surface area (Å²) < 4.78 is 13.6. The Labute approximate surface area is 114 Å². The van der Waals surface area contributed by atoms with Crippen LogP contribution in [0.1, 0.15) is 25.3 Å². The molecule has 0 saturated carbocycles. The molecule has 2 rings (SSSR count). The molecule has 1 aliphatic rings. The Morgan fingerprint density at radius 1 is 1.37 bits per heavy atom. The van der Waals surface area contributed by atoms with Crippen molar-refractivity contribution in [2.24, 2.45) is 5.92 Å². The van der Waals surface area contributed by atoms with Gasteiger partial charge in [0.1, 0.15) is 5.82 Å². The van der Waals surface area contributed by atoms with Crippen molar-refractivity contribution in [3.63, 3.8) is 0 Å². The summed E-state index contributed by atoms with van der Waals surface area (Å²) in [6.45, 7) is 4.30. The van der Waals surface area contributed by atoms with E-state index in [0.29, 0.717) is 12.5 Å². The van der Waals surface area contributed by atoms with Gasteiger partial charge in [-0.05, 0) is 56.5 Å². The van der Waals surface area contributed by atoms with Gasteiger partial charge in [0.05, 0.1) is 6.10 Å². The van der Waals surface area contributed by atoms with Crippen LogP contribution in [0, 0.1) is 11.7 Å². The molecule has 0 radical (unpaired) electrons. The van der Waals surface area contributed by atoms with E-state index in [0.717, 1.165) is 37.2 Å². The van der Waals surface area contributed by atoms with Gasteiger partial charge in [-0.25, -0.2) is 4.39 Å². The van der Waals surface area contributed by atoms with Gasteiger partial charge in [0.25, 0.3) is 0 Å². The smallest absolute Gasteiger partial charge is 0.125 e. The molecule has 0 amide bonds. The quantitative estimate of drug-likeness (QED) is 0.876. The van der Waals surface area contributed by atoms with Crippen LogP contribution >= 0.6 is 0 Å². The molecule has 0 spiro atoms. The van der Waals surface area contributed by atoms with Crippen molar-refractivity contribution in [3.05, 3.63) is 29.6 Å². The Bertz CT molecular complexity index is 415. The molecule has 1 aromatic rings. The maximum atomic E-state index is 13.6. The number of nitrogens with one attached hydrogen (secondary N) is 1. The molecule has 1 saturated heterocycles. The van der Waals surface area contributed by atoms with Gasteiger partial charge < -0.3 is 15.3 Å². The highest BCUT2D eigenvalue weighted by molar-refractivity contribution is 5.49. The molecule has 1 aliphatic heterocycles. The van der Waals surface area contributed by atoms with E-state index < -0.39 is 0 Å². The van der Waals surface area contributed by atoms with E-state index in [2.05, 4.69) is 10.2 Å². The van der Waals surface area contributed by atoms with Gasteiger partial charge in [0.2, 0.25) is 0 Å². The first-order valence-corrected chi connectivity index (χ1v) is 6.97. The maximum absolute atomic E-state index is 13.6. The van der Waals surface area contributed by atoms with Gasteiger partial charge in [-0.1, -0.05) is 0 Å². The zero-order chi connectivity index (χ0) is 13.8. The van der Waals surface area contributed by atoms with Crippen molar-refractivity contribution in [1.82, 2.24) is 5.32 Å². The van der Waals surface area contributed by atoms with Crippen molar-refractivity contribution in [3.8, 4) is 0 Å². The molecule has 1 aromatic carbocycles. The number of anilines is 1. The second-order valence-electron chi connectivity index (χ2n) is 5.41. The maximum Gasteiger partial charge on any atom is 0.125 e. The van der Waals surface area contributed by atoms with E-state index in [1.807, 2.05) is 20.0 Å². The summed E-state index contributed by atoms with van der Waals surface area (Å²) >= 11 is 0. The number of hydrogen-bond donors (Lipinski definition) is 2. The monoisotopic (exact) mass is 266 g/mol. The van der Waals surface area contributed by atoms with Crippen molar-refractivity contribution < 1.29 is 9.50 Å². The molecule has 0 bridgehead atoms. The average Bonchev–Trinajstić information content (AvgIpc) is 2.38. The van der Waals surface area contributed by atoms with Crippen molar-refractivity contribution >= 4 is 5.69 Å². The molecule has 1 heterocycles. The fraction of sp³-hybridized carbons (Fsp3) is 0.600. The molecule has 2 N–H and O–H groups in total. The number of halogens is 1. The number of nitrogens with zero attached hydrogens (tertiary/aromatic N) is 1. The number of aliphatic hydroxyl groups excluding tert-OH is 1. The summed E-state index contributed by atoms with van der Waals surface area (Å²) in [5, 5.41) is 12.7. The molecule has 19 heavy (non-hydrogen) atoms. The SMILES string of the molecule is CNCc1cc(F)cc(N2CCC(C(C)O)CC2)c1.